The quantitative estimate of drug-likeness (QED) is 0.0491. The molecule has 13 nitrogen and oxygen atoms in total. The van der Waals surface area contributed by atoms with E-state index in [1.54, 1.807) is 53.7 Å². The monoisotopic (exact) mass is 738 g/mol. The number of hydrogen-bond acceptors (Lipinski definition) is 9. The lowest BCUT2D eigenvalue weighted by Crippen LogP contribution is -2.47. The normalized spacial score (nSPS) is 11.5. The Morgan fingerprint density at radius 1 is 0.528 bits per heavy atom. The number of amides is 4. The molecule has 0 saturated carbocycles. The van der Waals surface area contributed by atoms with Crippen LogP contribution in [0, 0.1) is 0 Å². The molecule has 2 aromatic carbocycles. The van der Waals surface area contributed by atoms with Gasteiger partial charge in [-0.2, -0.15) is 0 Å². The van der Waals surface area contributed by atoms with Crippen molar-refractivity contribution < 1.29 is 33.4 Å². The fraction of sp³-hybridized carbons (Fsp3) is 0.575. The predicted molar refractivity (Wildman–Crippen MR) is 211 cm³/mol. The predicted octanol–water partition coefficient (Wildman–Crippen LogP) is 9.83. The molecule has 0 aliphatic rings. The highest BCUT2D eigenvalue weighted by atomic mass is 16.6. The van der Waals surface area contributed by atoms with Crippen LogP contribution in [0.15, 0.2) is 53.5 Å². The van der Waals surface area contributed by atoms with Crippen molar-refractivity contribution in [1.29, 1.82) is 0 Å². The number of alkyl carbamates (subject to hydrolysis) is 3. The summed E-state index contributed by atoms with van der Waals surface area (Å²) in [4.78, 5) is 53.2. The van der Waals surface area contributed by atoms with E-state index in [0.717, 1.165) is 55.6 Å². The number of rotatable bonds is 16. The first-order valence-electron chi connectivity index (χ1n) is 18.6. The van der Waals surface area contributed by atoms with Gasteiger partial charge in [-0.1, -0.05) is 44.9 Å². The molecular formula is C40H62N6O7. The Kier molecular flexibility index (Phi) is 18.1. The molecule has 0 saturated heterocycles. The van der Waals surface area contributed by atoms with Crippen molar-refractivity contribution >= 4 is 52.9 Å². The topological polar surface area (TPSA) is 168 Å². The van der Waals surface area contributed by atoms with Crippen molar-refractivity contribution in [3.05, 3.63) is 48.5 Å². The van der Waals surface area contributed by atoms with Gasteiger partial charge >= 0.3 is 18.3 Å². The molecule has 13 heteroatoms. The molecule has 0 atom stereocenters. The smallest absolute Gasteiger partial charge is 0.414 e. The van der Waals surface area contributed by atoms with E-state index >= 15 is 0 Å². The number of benzene rings is 2. The number of ether oxygens (including phenoxy) is 3. The lowest BCUT2D eigenvalue weighted by Gasteiger charge is -2.22. The molecule has 0 heterocycles. The van der Waals surface area contributed by atoms with Crippen molar-refractivity contribution in [2.75, 3.05) is 17.2 Å². The molecule has 0 fully saturated rings. The second kappa shape index (κ2) is 21.7. The molecule has 0 unspecified atom stereocenters. The van der Waals surface area contributed by atoms with Gasteiger partial charge in [0, 0.05) is 30.0 Å². The van der Waals surface area contributed by atoms with Gasteiger partial charge < -0.3 is 30.2 Å². The summed E-state index contributed by atoms with van der Waals surface area (Å²) in [7, 11) is 0. The van der Waals surface area contributed by atoms with E-state index < -0.39 is 29.0 Å². The molecule has 0 aliphatic carbocycles. The van der Waals surface area contributed by atoms with Crippen LogP contribution in [0.1, 0.15) is 127 Å². The van der Waals surface area contributed by atoms with E-state index in [9.17, 15) is 19.2 Å². The van der Waals surface area contributed by atoms with Crippen LogP contribution in [0.3, 0.4) is 0 Å². The van der Waals surface area contributed by atoms with E-state index in [4.69, 9.17) is 14.2 Å². The van der Waals surface area contributed by atoms with Gasteiger partial charge in [0.15, 0.2) is 0 Å². The Labute approximate surface area is 315 Å². The summed E-state index contributed by atoms with van der Waals surface area (Å²) in [6.45, 7) is 16.6. The van der Waals surface area contributed by atoms with Gasteiger partial charge in [0.05, 0.1) is 5.69 Å². The highest BCUT2D eigenvalue weighted by molar-refractivity contribution is 6.02. The van der Waals surface area contributed by atoms with Crippen LogP contribution >= 0.6 is 0 Å². The molecule has 53 heavy (non-hydrogen) atoms. The fourth-order valence-corrected chi connectivity index (χ4v) is 4.82. The SMILES string of the molecule is CC(C)(C)OC(=O)NCCCCCCCCCCCC(=O)Nc1ccc(Nc2ccc(N=C(NC(=O)OC(C)(C)C)NC(=O)OC(C)(C)C)cc2)cc1. The average Bonchev–Trinajstić information content (AvgIpc) is 3.00. The number of carbonyl (C=O) groups is 4. The van der Waals surface area contributed by atoms with Gasteiger partial charge in [-0.3, -0.25) is 15.4 Å². The Morgan fingerprint density at radius 3 is 1.40 bits per heavy atom. The third-order valence-electron chi connectivity index (χ3n) is 7.05. The summed E-state index contributed by atoms with van der Waals surface area (Å²) in [6, 6.07) is 14.5. The van der Waals surface area contributed by atoms with Crippen molar-refractivity contribution in [3.63, 3.8) is 0 Å². The second-order valence-corrected chi connectivity index (χ2v) is 15.9. The molecule has 2 aromatic rings. The molecule has 5 N–H and O–H groups in total. The van der Waals surface area contributed by atoms with Crippen LogP contribution in [0.2, 0.25) is 0 Å². The van der Waals surface area contributed by atoms with Gasteiger partial charge in [-0.15, -0.1) is 0 Å². The van der Waals surface area contributed by atoms with E-state index in [0.29, 0.717) is 18.7 Å². The lowest BCUT2D eigenvalue weighted by molar-refractivity contribution is -0.116. The molecule has 0 radical (unpaired) electrons. The summed E-state index contributed by atoms with van der Waals surface area (Å²) in [6.07, 6.45) is 8.33. The fourth-order valence-electron chi connectivity index (χ4n) is 4.82. The molecule has 0 bridgehead atoms. The minimum absolute atomic E-state index is 0.00327. The number of guanidine groups is 1. The first kappa shape index (κ1) is 44.4. The summed E-state index contributed by atoms with van der Waals surface area (Å²) in [5, 5.41) is 14.0. The van der Waals surface area contributed by atoms with Crippen molar-refractivity contribution in [3.8, 4) is 0 Å². The number of hydrogen-bond donors (Lipinski definition) is 5. The molecule has 0 aromatic heterocycles. The maximum Gasteiger partial charge on any atom is 0.414 e. The van der Waals surface area contributed by atoms with Crippen LogP contribution in [0.5, 0.6) is 0 Å². The van der Waals surface area contributed by atoms with Gasteiger partial charge in [0.25, 0.3) is 0 Å². The maximum absolute atomic E-state index is 12.5. The molecule has 0 aliphatic heterocycles. The van der Waals surface area contributed by atoms with Crippen molar-refractivity contribution in [1.82, 2.24) is 16.0 Å². The standard InChI is InChI=1S/C40H62N6O7/c1-38(2,3)51-35(48)41-28-18-16-14-12-10-11-13-15-17-19-33(47)43-31-24-20-29(21-25-31)42-30-22-26-32(27-23-30)44-34(45-36(49)52-39(4,5)6)46-37(50)53-40(7,8)9/h20-27,42H,10-19,28H2,1-9H3,(H,41,48)(H,43,47)(H2,44,45,46,49,50). The van der Waals surface area contributed by atoms with Crippen molar-refractivity contribution in [2.45, 2.75) is 143 Å². The number of nitrogens with zero attached hydrogens (tertiary/aromatic N) is 1. The third kappa shape index (κ3) is 22.7. The van der Waals surface area contributed by atoms with E-state index in [-0.39, 0.29) is 18.0 Å². The van der Waals surface area contributed by atoms with Crippen LogP contribution < -0.4 is 26.6 Å². The van der Waals surface area contributed by atoms with Crippen LogP contribution in [-0.2, 0) is 19.0 Å². The number of aliphatic imine (C=N–C) groups is 1. The Balaban J connectivity index is 1.71. The highest BCUT2D eigenvalue weighted by Gasteiger charge is 2.21. The zero-order valence-corrected chi connectivity index (χ0v) is 33.2. The number of carbonyl (C=O) groups excluding carboxylic acids is 4. The Hall–Kier alpha value is -4.81. The zero-order valence-electron chi connectivity index (χ0n) is 33.2. The highest BCUT2D eigenvalue weighted by Crippen LogP contribution is 2.22. The minimum atomic E-state index is -0.775. The van der Waals surface area contributed by atoms with Gasteiger partial charge in [-0.25, -0.2) is 19.4 Å². The first-order chi connectivity index (χ1) is 24.8. The lowest BCUT2D eigenvalue weighted by atomic mass is 10.1. The van der Waals surface area contributed by atoms with E-state index in [2.05, 4.69) is 31.6 Å². The third-order valence-corrected chi connectivity index (χ3v) is 7.05. The Bertz CT molecular complexity index is 1440. The summed E-state index contributed by atoms with van der Waals surface area (Å²) in [5.74, 6) is -0.138. The molecule has 294 valence electrons. The average molecular weight is 739 g/mol. The van der Waals surface area contributed by atoms with Gasteiger partial charge in [0.2, 0.25) is 11.9 Å². The maximum atomic E-state index is 12.5. The number of nitrogens with one attached hydrogen (secondary N) is 5. The van der Waals surface area contributed by atoms with Gasteiger partial charge in [-0.05, 0) is 124 Å². The first-order valence-corrected chi connectivity index (χ1v) is 18.6. The van der Waals surface area contributed by atoms with Crippen LogP contribution in [0.4, 0.5) is 37.1 Å². The van der Waals surface area contributed by atoms with Crippen LogP contribution in [0.25, 0.3) is 0 Å². The van der Waals surface area contributed by atoms with Crippen molar-refractivity contribution in [2.24, 2.45) is 4.99 Å². The minimum Gasteiger partial charge on any atom is -0.444 e. The summed E-state index contributed by atoms with van der Waals surface area (Å²) < 4.78 is 15.8. The summed E-state index contributed by atoms with van der Waals surface area (Å²) >= 11 is 0. The molecule has 4 amide bonds. The summed E-state index contributed by atoms with van der Waals surface area (Å²) in [5.41, 5.74) is 0.857. The van der Waals surface area contributed by atoms with Gasteiger partial charge in [0.1, 0.15) is 16.8 Å². The van der Waals surface area contributed by atoms with E-state index in [1.165, 1.54) is 19.3 Å². The molecule has 0 spiro atoms. The zero-order chi connectivity index (χ0) is 39.5. The molecular weight excluding hydrogens is 676 g/mol. The largest absolute Gasteiger partial charge is 0.444 e. The van der Waals surface area contributed by atoms with E-state index in [1.807, 2.05) is 57.2 Å². The number of anilines is 3. The number of unbranched alkanes of at least 4 members (excludes halogenated alkanes) is 8. The second-order valence-electron chi connectivity index (χ2n) is 15.9. The van der Waals surface area contributed by atoms with Crippen LogP contribution in [-0.4, -0.2) is 53.5 Å². The Morgan fingerprint density at radius 2 is 0.925 bits per heavy atom. The molecule has 2 rings (SSSR count).